The molecule has 1 aromatic rings. The van der Waals surface area contributed by atoms with Crippen LogP contribution in [-0.2, 0) is 11.2 Å². The van der Waals surface area contributed by atoms with Gasteiger partial charge in [-0.2, -0.15) is 0 Å². The molecule has 0 atom stereocenters. The van der Waals surface area contributed by atoms with Crippen molar-refractivity contribution in [1.29, 1.82) is 0 Å². The minimum atomic E-state index is -0.238. The van der Waals surface area contributed by atoms with E-state index >= 15 is 0 Å². The van der Waals surface area contributed by atoms with Gasteiger partial charge in [-0.25, -0.2) is 0 Å². The molecular formula is C13H19NO2. The van der Waals surface area contributed by atoms with Crippen LogP contribution in [0.3, 0.4) is 0 Å². The van der Waals surface area contributed by atoms with E-state index in [4.69, 9.17) is 4.74 Å². The van der Waals surface area contributed by atoms with Crippen molar-refractivity contribution in [3.05, 3.63) is 29.8 Å². The van der Waals surface area contributed by atoms with Gasteiger partial charge in [-0.1, -0.05) is 12.1 Å². The van der Waals surface area contributed by atoms with Crippen LogP contribution in [0.5, 0.6) is 5.75 Å². The van der Waals surface area contributed by atoms with E-state index < -0.39 is 0 Å². The van der Waals surface area contributed by atoms with Crippen molar-refractivity contribution in [2.75, 3.05) is 7.11 Å². The number of rotatable bonds is 4. The highest BCUT2D eigenvalue weighted by molar-refractivity contribution is 5.73. The predicted molar refractivity (Wildman–Crippen MR) is 64.6 cm³/mol. The molecule has 3 nitrogen and oxygen atoms in total. The van der Waals surface area contributed by atoms with Crippen LogP contribution in [0, 0.1) is 0 Å². The number of benzene rings is 1. The second-order valence-electron chi connectivity index (χ2n) is 4.59. The third-order valence-electron chi connectivity index (χ3n) is 2.29. The molecule has 0 spiro atoms. The molecule has 0 aliphatic heterocycles. The van der Waals surface area contributed by atoms with Gasteiger partial charge in [-0.05, 0) is 38.0 Å². The smallest absolute Gasteiger partial charge is 0.217 e. The Morgan fingerprint density at radius 3 is 2.69 bits per heavy atom. The Labute approximate surface area is 96.8 Å². The molecule has 0 bridgehead atoms. The molecule has 1 rings (SSSR count). The number of methoxy groups -OCH3 is 1. The van der Waals surface area contributed by atoms with Crippen LogP contribution in [0.15, 0.2) is 24.3 Å². The first-order valence-corrected chi connectivity index (χ1v) is 5.34. The molecular weight excluding hydrogens is 202 g/mol. The van der Waals surface area contributed by atoms with Crippen LogP contribution in [-0.4, -0.2) is 18.6 Å². The molecule has 1 amide bonds. The Hall–Kier alpha value is -1.51. The molecule has 0 radical (unpaired) electrons. The SMILES string of the molecule is COc1cccc(CC(C)(C)NC(C)=O)c1. The number of hydrogen-bond acceptors (Lipinski definition) is 2. The van der Waals surface area contributed by atoms with E-state index in [0.717, 1.165) is 17.7 Å². The summed E-state index contributed by atoms with van der Waals surface area (Å²) in [5, 5.41) is 2.93. The van der Waals surface area contributed by atoms with Crippen molar-refractivity contribution in [2.45, 2.75) is 32.7 Å². The lowest BCUT2D eigenvalue weighted by molar-refractivity contribution is -0.120. The predicted octanol–water partition coefficient (Wildman–Crippen LogP) is 2.15. The molecule has 0 unspecified atom stereocenters. The molecule has 3 heteroatoms. The van der Waals surface area contributed by atoms with Crippen LogP contribution in [0.1, 0.15) is 26.3 Å². The number of carbonyl (C=O) groups excluding carboxylic acids is 1. The van der Waals surface area contributed by atoms with Crippen LogP contribution >= 0.6 is 0 Å². The highest BCUT2D eigenvalue weighted by Crippen LogP contribution is 2.17. The fourth-order valence-corrected chi connectivity index (χ4v) is 1.81. The first-order chi connectivity index (χ1) is 7.43. The average Bonchev–Trinajstić information content (AvgIpc) is 2.15. The first-order valence-electron chi connectivity index (χ1n) is 5.34. The Kier molecular flexibility index (Phi) is 3.93. The summed E-state index contributed by atoms with van der Waals surface area (Å²) in [7, 11) is 1.65. The second kappa shape index (κ2) is 5.01. The summed E-state index contributed by atoms with van der Waals surface area (Å²) in [6, 6.07) is 7.89. The van der Waals surface area contributed by atoms with Gasteiger partial charge in [-0.15, -0.1) is 0 Å². The summed E-state index contributed by atoms with van der Waals surface area (Å²) in [6.45, 7) is 5.55. The van der Waals surface area contributed by atoms with E-state index in [1.807, 2.05) is 38.1 Å². The molecule has 0 aromatic heterocycles. The van der Waals surface area contributed by atoms with E-state index in [1.165, 1.54) is 6.92 Å². The largest absolute Gasteiger partial charge is 0.497 e. The van der Waals surface area contributed by atoms with E-state index in [0.29, 0.717) is 0 Å². The van der Waals surface area contributed by atoms with Gasteiger partial charge in [0.2, 0.25) is 5.91 Å². The first kappa shape index (κ1) is 12.6. The van der Waals surface area contributed by atoms with Crippen molar-refractivity contribution in [2.24, 2.45) is 0 Å². The third-order valence-corrected chi connectivity index (χ3v) is 2.29. The molecule has 16 heavy (non-hydrogen) atoms. The van der Waals surface area contributed by atoms with Gasteiger partial charge in [0.25, 0.3) is 0 Å². The van der Waals surface area contributed by atoms with Gasteiger partial charge in [0.05, 0.1) is 7.11 Å². The van der Waals surface area contributed by atoms with E-state index in [-0.39, 0.29) is 11.4 Å². The van der Waals surface area contributed by atoms with Crippen LogP contribution in [0.25, 0.3) is 0 Å². The average molecular weight is 221 g/mol. The summed E-state index contributed by atoms with van der Waals surface area (Å²) >= 11 is 0. The van der Waals surface area contributed by atoms with Crippen LogP contribution < -0.4 is 10.1 Å². The van der Waals surface area contributed by atoms with E-state index in [2.05, 4.69) is 5.32 Å². The monoisotopic (exact) mass is 221 g/mol. The maximum atomic E-state index is 11.0. The fraction of sp³-hybridized carbons (Fsp3) is 0.462. The summed E-state index contributed by atoms with van der Waals surface area (Å²) in [5.74, 6) is 0.837. The van der Waals surface area contributed by atoms with Crippen molar-refractivity contribution < 1.29 is 9.53 Å². The molecule has 1 aromatic carbocycles. The Balaban J connectivity index is 2.75. The second-order valence-corrected chi connectivity index (χ2v) is 4.59. The third kappa shape index (κ3) is 3.93. The van der Waals surface area contributed by atoms with Crippen molar-refractivity contribution >= 4 is 5.91 Å². The summed E-state index contributed by atoms with van der Waals surface area (Å²) < 4.78 is 5.16. The zero-order valence-corrected chi connectivity index (χ0v) is 10.3. The standard InChI is InChI=1S/C13H19NO2/c1-10(15)14-13(2,3)9-11-6-5-7-12(8-11)16-4/h5-8H,9H2,1-4H3,(H,14,15). The number of carbonyl (C=O) groups is 1. The molecule has 0 fully saturated rings. The molecule has 0 aliphatic rings. The Bertz CT molecular complexity index is 372. The van der Waals surface area contributed by atoms with E-state index in [9.17, 15) is 4.79 Å². The lowest BCUT2D eigenvalue weighted by atomic mass is 9.95. The molecule has 0 aliphatic carbocycles. The number of hydrogen-bond donors (Lipinski definition) is 1. The Morgan fingerprint density at radius 1 is 1.44 bits per heavy atom. The van der Waals surface area contributed by atoms with Gasteiger partial charge < -0.3 is 10.1 Å². The Morgan fingerprint density at radius 2 is 2.12 bits per heavy atom. The normalized spacial score (nSPS) is 11.0. The molecule has 88 valence electrons. The maximum absolute atomic E-state index is 11.0. The van der Waals surface area contributed by atoms with Gasteiger partial charge in [-0.3, -0.25) is 4.79 Å². The van der Waals surface area contributed by atoms with Crippen molar-refractivity contribution in [3.8, 4) is 5.75 Å². The lowest BCUT2D eigenvalue weighted by Gasteiger charge is -2.25. The molecule has 0 saturated heterocycles. The van der Waals surface area contributed by atoms with E-state index in [1.54, 1.807) is 7.11 Å². The topological polar surface area (TPSA) is 38.3 Å². The van der Waals surface area contributed by atoms with Gasteiger partial charge in [0.1, 0.15) is 5.75 Å². The number of amides is 1. The minimum absolute atomic E-state index is 0.00658. The quantitative estimate of drug-likeness (QED) is 0.846. The van der Waals surface area contributed by atoms with Crippen LogP contribution in [0.4, 0.5) is 0 Å². The summed E-state index contributed by atoms with van der Waals surface area (Å²) in [5.41, 5.74) is 0.913. The van der Waals surface area contributed by atoms with Crippen molar-refractivity contribution in [3.63, 3.8) is 0 Å². The molecule has 0 heterocycles. The highest BCUT2D eigenvalue weighted by Gasteiger charge is 2.19. The maximum Gasteiger partial charge on any atom is 0.217 e. The lowest BCUT2D eigenvalue weighted by Crippen LogP contribution is -2.43. The summed E-state index contributed by atoms with van der Waals surface area (Å²) in [4.78, 5) is 11.0. The summed E-state index contributed by atoms with van der Waals surface area (Å²) in [6.07, 6.45) is 0.782. The van der Waals surface area contributed by atoms with Crippen molar-refractivity contribution in [1.82, 2.24) is 5.32 Å². The van der Waals surface area contributed by atoms with Gasteiger partial charge >= 0.3 is 0 Å². The highest BCUT2D eigenvalue weighted by atomic mass is 16.5. The molecule has 0 saturated carbocycles. The zero-order valence-electron chi connectivity index (χ0n) is 10.3. The molecule has 1 N–H and O–H groups in total. The van der Waals surface area contributed by atoms with Gasteiger partial charge in [0, 0.05) is 12.5 Å². The number of ether oxygens (including phenoxy) is 1. The van der Waals surface area contributed by atoms with Gasteiger partial charge in [0.15, 0.2) is 0 Å². The number of nitrogens with one attached hydrogen (secondary N) is 1. The minimum Gasteiger partial charge on any atom is -0.497 e. The van der Waals surface area contributed by atoms with Crippen LogP contribution in [0.2, 0.25) is 0 Å². The zero-order chi connectivity index (χ0) is 12.2. The fourth-order valence-electron chi connectivity index (χ4n) is 1.81.